The summed E-state index contributed by atoms with van der Waals surface area (Å²) in [6.07, 6.45) is -5.95. The van der Waals surface area contributed by atoms with Crippen LogP contribution in [-0.2, 0) is 12.4 Å². The molecule has 10 nitrogen and oxygen atoms in total. The largest absolute Gasteiger partial charge is 0.473 e. The van der Waals surface area contributed by atoms with E-state index in [9.17, 15) is 31.1 Å². The summed E-state index contributed by atoms with van der Waals surface area (Å²) in [5.74, 6) is -1.06. The minimum absolute atomic E-state index is 0.118. The van der Waals surface area contributed by atoms with E-state index in [1.807, 2.05) is 0 Å². The molecular weight excluding hydrogens is 541 g/mol. The number of H-pyrrole nitrogens is 1. The van der Waals surface area contributed by atoms with Gasteiger partial charge in [0.25, 0.3) is 11.4 Å². The fourth-order valence-corrected chi connectivity index (χ4v) is 3.84. The van der Waals surface area contributed by atoms with Gasteiger partial charge in [0, 0.05) is 44.8 Å². The summed E-state index contributed by atoms with van der Waals surface area (Å²) in [6.45, 7) is 2.35. The van der Waals surface area contributed by atoms with Gasteiger partial charge in [-0.2, -0.15) is 35.8 Å². The van der Waals surface area contributed by atoms with Crippen LogP contribution < -0.4 is 25.4 Å². The Morgan fingerprint density at radius 2 is 1.64 bits per heavy atom. The molecule has 1 aliphatic heterocycles. The molecule has 3 aromatic rings. The van der Waals surface area contributed by atoms with Crippen LogP contribution in [0.2, 0.25) is 0 Å². The average Bonchev–Trinajstić information content (AvgIpc) is 2.87. The number of halogens is 7. The molecule has 210 valence electrons. The third kappa shape index (κ3) is 6.46. The summed E-state index contributed by atoms with van der Waals surface area (Å²) in [4.78, 5) is 26.4. The lowest BCUT2D eigenvalue weighted by atomic mass is 10.2. The summed E-state index contributed by atoms with van der Waals surface area (Å²) in [6, 6.07) is 0.623. The predicted molar refractivity (Wildman–Crippen MR) is 124 cm³/mol. The van der Waals surface area contributed by atoms with Crippen molar-refractivity contribution in [2.45, 2.75) is 25.3 Å². The predicted octanol–water partition coefficient (Wildman–Crippen LogP) is 3.34. The van der Waals surface area contributed by atoms with Gasteiger partial charge in [-0.15, -0.1) is 0 Å². The quantitative estimate of drug-likeness (QED) is 0.419. The number of nitrogens with zero attached hydrogens (tertiary/aromatic N) is 6. The van der Waals surface area contributed by atoms with Crippen LogP contribution in [-0.4, -0.2) is 64.0 Å². The zero-order valence-corrected chi connectivity index (χ0v) is 20.1. The Hall–Kier alpha value is -4.18. The standard InChI is InChI=1S/C22H21F7N8O2/c1-12(34-14-10-33-35-18(38)16(14)22(27,28)29)11-39-19-17(23)15(2-3-30-19)36-4-6-37(7-5-36)20-31-8-13(9-32-20)21(24,25)26/h2-3,8-10,12H,4-7,11H2,1H3,(H2,34,35,38)/t12-/m0/s1. The minimum atomic E-state index is -4.93. The number of anilines is 3. The van der Waals surface area contributed by atoms with Crippen molar-refractivity contribution in [2.75, 3.05) is 47.9 Å². The van der Waals surface area contributed by atoms with Gasteiger partial charge >= 0.3 is 12.4 Å². The third-order valence-corrected chi connectivity index (χ3v) is 5.72. The highest BCUT2D eigenvalue weighted by Crippen LogP contribution is 2.32. The number of hydrogen-bond donors (Lipinski definition) is 2. The molecular formula is C22H21F7N8O2. The number of nitrogens with one attached hydrogen (secondary N) is 2. The van der Waals surface area contributed by atoms with Gasteiger partial charge in [-0.1, -0.05) is 0 Å². The monoisotopic (exact) mass is 562 g/mol. The lowest BCUT2D eigenvalue weighted by Crippen LogP contribution is -2.47. The maximum atomic E-state index is 15.2. The Balaban J connectivity index is 1.37. The van der Waals surface area contributed by atoms with Crippen LogP contribution in [0, 0.1) is 5.82 Å². The number of alkyl halides is 6. The number of aromatic amines is 1. The molecule has 0 amide bonds. The molecule has 1 fully saturated rings. The van der Waals surface area contributed by atoms with E-state index in [0.717, 1.165) is 6.20 Å². The van der Waals surface area contributed by atoms with Crippen LogP contribution in [0.25, 0.3) is 0 Å². The Morgan fingerprint density at radius 1 is 1.00 bits per heavy atom. The average molecular weight is 562 g/mol. The fraction of sp³-hybridized carbons (Fsp3) is 0.409. The molecule has 39 heavy (non-hydrogen) atoms. The van der Waals surface area contributed by atoms with E-state index in [1.165, 1.54) is 19.2 Å². The molecule has 0 radical (unpaired) electrons. The van der Waals surface area contributed by atoms with Gasteiger partial charge in [-0.25, -0.2) is 20.1 Å². The lowest BCUT2D eigenvalue weighted by Gasteiger charge is -2.36. The molecule has 2 N–H and O–H groups in total. The molecule has 1 aliphatic rings. The number of ether oxygens (including phenoxy) is 1. The number of piperazine rings is 1. The Kier molecular flexibility index (Phi) is 7.78. The van der Waals surface area contributed by atoms with Crippen molar-refractivity contribution in [3.05, 3.63) is 58.2 Å². The molecule has 17 heteroatoms. The second-order valence-electron chi connectivity index (χ2n) is 8.53. The molecule has 4 rings (SSSR count). The van der Waals surface area contributed by atoms with E-state index in [-0.39, 0.29) is 24.1 Å². The van der Waals surface area contributed by atoms with Gasteiger partial charge in [0.05, 0.1) is 29.2 Å². The molecule has 0 aliphatic carbocycles. The van der Waals surface area contributed by atoms with Crippen LogP contribution in [0.15, 0.2) is 35.6 Å². The highest BCUT2D eigenvalue weighted by atomic mass is 19.4. The summed E-state index contributed by atoms with van der Waals surface area (Å²) in [7, 11) is 0. The third-order valence-electron chi connectivity index (χ3n) is 5.72. The van der Waals surface area contributed by atoms with Gasteiger partial charge in [0.2, 0.25) is 11.8 Å². The molecule has 4 heterocycles. The van der Waals surface area contributed by atoms with Crippen LogP contribution in [0.3, 0.4) is 0 Å². The van der Waals surface area contributed by atoms with Crippen LogP contribution in [0.5, 0.6) is 5.88 Å². The van der Waals surface area contributed by atoms with Crippen molar-refractivity contribution in [2.24, 2.45) is 0 Å². The van der Waals surface area contributed by atoms with E-state index in [4.69, 9.17) is 4.74 Å². The van der Waals surface area contributed by atoms with Gasteiger partial charge < -0.3 is 19.9 Å². The minimum Gasteiger partial charge on any atom is -0.473 e. The number of rotatable bonds is 7. The van der Waals surface area contributed by atoms with Crippen LogP contribution in [0.1, 0.15) is 18.1 Å². The summed E-state index contributed by atoms with van der Waals surface area (Å²) in [5.41, 5.74) is -4.22. The molecule has 1 atom stereocenters. The lowest BCUT2D eigenvalue weighted by molar-refractivity contribution is -0.139. The maximum absolute atomic E-state index is 15.2. The zero-order valence-electron chi connectivity index (χ0n) is 20.1. The first kappa shape index (κ1) is 27.8. The van der Waals surface area contributed by atoms with Crippen LogP contribution >= 0.6 is 0 Å². The van der Waals surface area contributed by atoms with E-state index in [0.29, 0.717) is 38.6 Å². The van der Waals surface area contributed by atoms with Crippen molar-refractivity contribution in [3.63, 3.8) is 0 Å². The first-order chi connectivity index (χ1) is 18.3. The highest BCUT2D eigenvalue weighted by molar-refractivity contribution is 5.52. The molecule has 3 aromatic heterocycles. The second kappa shape index (κ2) is 10.9. The number of hydrogen-bond acceptors (Lipinski definition) is 9. The normalized spacial score (nSPS) is 15.3. The van der Waals surface area contributed by atoms with Crippen LogP contribution in [0.4, 0.5) is 48.1 Å². The Morgan fingerprint density at radius 3 is 2.26 bits per heavy atom. The summed E-state index contributed by atoms with van der Waals surface area (Å²) in [5, 5.41) is 7.59. The molecule has 0 saturated carbocycles. The zero-order chi connectivity index (χ0) is 28.4. The van der Waals surface area contributed by atoms with Crippen molar-refractivity contribution in [1.82, 2.24) is 25.1 Å². The topological polar surface area (TPSA) is 112 Å². The smallest absolute Gasteiger partial charge is 0.423 e. The molecule has 0 unspecified atom stereocenters. The van der Waals surface area contributed by atoms with Gasteiger partial charge in [-0.05, 0) is 13.0 Å². The molecule has 0 bridgehead atoms. The molecule has 0 aromatic carbocycles. The fourth-order valence-electron chi connectivity index (χ4n) is 3.84. The number of aromatic nitrogens is 5. The van der Waals surface area contributed by atoms with E-state index in [1.54, 1.807) is 14.9 Å². The molecule has 1 saturated heterocycles. The number of pyridine rings is 1. The van der Waals surface area contributed by atoms with E-state index < -0.39 is 46.6 Å². The summed E-state index contributed by atoms with van der Waals surface area (Å²) >= 11 is 0. The van der Waals surface area contributed by atoms with Crippen molar-refractivity contribution < 1.29 is 35.5 Å². The Labute approximate surface area is 215 Å². The van der Waals surface area contributed by atoms with E-state index in [2.05, 4.69) is 25.4 Å². The first-order valence-electron chi connectivity index (χ1n) is 11.4. The first-order valence-corrected chi connectivity index (χ1v) is 11.4. The van der Waals surface area contributed by atoms with Gasteiger partial charge in [-0.3, -0.25) is 4.79 Å². The van der Waals surface area contributed by atoms with Crippen molar-refractivity contribution in [1.29, 1.82) is 0 Å². The van der Waals surface area contributed by atoms with Gasteiger partial charge in [0.15, 0.2) is 0 Å². The van der Waals surface area contributed by atoms with E-state index >= 15 is 4.39 Å². The highest BCUT2D eigenvalue weighted by Gasteiger charge is 2.37. The van der Waals surface area contributed by atoms with Gasteiger partial charge in [0.1, 0.15) is 12.2 Å². The Bertz CT molecular complexity index is 1340. The second-order valence-corrected chi connectivity index (χ2v) is 8.53. The SMILES string of the molecule is C[C@@H](COc1nccc(N2CCN(c3ncc(C(F)(F)F)cn3)CC2)c1F)Nc1cn[nH]c(=O)c1C(F)(F)F. The summed E-state index contributed by atoms with van der Waals surface area (Å²) < 4.78 is 98.5. The van der Waals surface area contributed by atoms with Crippen molar-refractivity contribution in [3.8, 4) is 5.88 Å². The van der Waals surface area contributed by atoms with Crippen molar-refractivity contribution >= 4 is 17.3 Å². The maximum Gasteiger partial charge on any atom is 0.423 e. The molecule has 0 spiro atoms.